The number of aromatic carboxylic acids is 1. The molecule has 0 aliphatic carbocycles. The molecule has 0 amide bonds. The molecule has 0 aliphatic rings. The number of carbonyl (C=O) groups is 2. The van der Waals surface area contributed by atoms with Crippen molar-refractivity contribution in [1.82, 2.24) is 9.55 Å². The van der Waals surface area contributed by atoms with E-state index in [0.29, 0.717) is 33.6 Å². The lowest BCUT2D eigenvalue weighted by Gasteiger charge is -2.12. The third-order valence-electron chi connectivity index (χ3n) is 5.62. The molecule has 1 N–H and O–H groups in total. The zero-order valence-electron chi connectivity index (χ0n) is 18.1. The van der Waals surface area contributed by atoms with Gasteiger partial charge >= 0.3 is 5.97 Å². The van der Waals surface area contributed by atoms with E-state index in [-0.39, 0.29) is 11.5 Å². The summed E-state index contributed by atoms with van der Waals surface area (Å²) >= 11 is 0. The van der Waals surface area contributed by atoms with E-state index in [9.17, 15) is 14.7 Å². The first kappa shape index (κ1) is 21.1. The highest BCUT2D eigenvalue weighted by Gasteiger charge is 2.20. The lowest BCUT2D eigenvalue weighted by molar-refractivity contribution is 0.0696. The molecule has 0 atom stereocenters. The molecule has 0 fully saturated rings. The van der Waals surface area contributed by atoms with E-state index in [0.717, 1.165) is 5.56 Å². The summed E-state index contributed by atoms with van der Waals surface area (Å²) in [6.07, 6.45) is 1.79. The van der Waals surface area contributed by atoms with Crippen molar-refractivity contribution in [3.8, 4) is 0 Å². The highest BCUT2D eigenvalue weighted by atomic mass is 16.4. The summed E-state index contributed by atoms with van der Waals surface area (Å²) in [6.45, 7) is 0. The summed E-state index contributed by atoms with van der Waals surface area (Å²) < 4.78 is 1.58. The Morgan fingerprint density at radius 2 is 1.24 bits per heavy atom. The second-order valence-electron chi connectivity index (χ2n) is 7.74. The fourth-order valence-electron chi connectivity index (χ4n) is 4.03. The van der Waals surface area contributed by atoms with Gasteiger partial charge < -0.3 is 5.11 Å². The standard InChI is InChI=1S/C29H20N2O3/c32-28(21-13-5-2-6-14-21)31-26-18-10-9-17-25(26)30-27(31)19-24(20-11-3-1-4-12-20)22-15-7-8-16-23(22)29(33)34/h1-19H,(H,33,34). The monoisotopic (exact) mass is 444 g/mol. The summed E-state index contributed by atoms with van der Waals surface area (Å²) in [7, 11) is 0. The number of carboxylic acid groups (broad SMARTS) is 1. The molecule has 5 nitrogen and oxygen atoms in total. The molecule has 0 bridgehead atoms. The summed E-state index contributed by atoms with van der Waals surface area (Å²) in [5.74, 6) is -0.806. The fraction of sp³-hybridized carbons (Fsp3) is 0. The Kier molecular flexibility index (Phi) is 5.58. The average molecular weight is 444 g/mol. The lowest BCUT2D eigenvalue weighted by Crippen LogP contribution is -2.14. The van der Waals surface area contributed by atoms with Gasteiger partial charge in [0.15, 0.2) is 0 Å². The van der Waals surface area contributed by atoms with Gasteiger partial charge in [-0.15, -0.1) is 0 Å². The SMILES string of the molecule is O=C(O)c1ccccc1C(=Cc1nc2ccccc2n1C(=O)c1ccccc1)c1ccccc1. The number of carbonyl (C=O) groups excluding carboxylic acids is 1. The third-order valence-corrected chi connectivity index (χ3v) is 5.62. The molecular weight excluding hydrogens is 424 g/mol. The summed E-state index contributed by atoms with van der Waals surface area (Å²) in [5.41, 5.74) is 4.10. The molecule has 0 aliphatic heterocycles. The molecular formula is C29H20N2O3. The molecule has 4 aromatic carbocycles. The number of para-hydroxylation sites is 2. The Labute approximate surface area is 196 Å². The number of fused-ring (bicyclic) bond motifs is 1. The Hall–Kier alpha value is -4.77. The van der Waals surface area contributed by atoms with Crippen LogP contribution in [0.25, 0.3) is 22.7 Å². The number of hydrogen-bond acceptors (Lipinski definition) is 3. The zero-order valence-corrected chi connectivity index (χ0v) is 18.1. The molecule has 34 heavy (non-hydrogen) atoms. The van der Waals surface area contributed by atoms with Crippen molar-refractivity contribution in [2.45, 2.75) is 0 Å². The Morgan fingerprint density at radius 3 is 1.91 bits per heavy atom. The Balaban J connectivity index is 1.79. The van der Waals surface area contributed by atoms with Crippen molar-refractivity contribution in [3.05, 3.63) is 137 Å². The topological polar surface area (TPSA) is 72.2 Å². The van der Waals surface area contributed by atoms with Gasteiger partial charge in [0.25, 0.3) is 5.91 Å². The van der Waals surface area contributed by atoms with Crippen LogP contribution in [0.5, 0.6) is 0 Å². The van der Waals surface area contributed by atoms with E-state index in [1.807, 2.05) is 72.8 Å². The molecule has 0 spiro atoms. The van der Waals surface area contributed by atoms with Crippen LogP contribution in [0, 0.1) is 0 Å². The van der Waals surface area contributed by atoms with Gasteiger partial charge in [-0.25, -0.2) is 9.78 Å². The van der Waals surface area contributed by atoms with E-state index in [2.05, 4.69) is 0 Å². The maximum Gasteiger partial charge on any atom is 0.336 e. The normalized spacial score (nSPS) is 11.5. The number of rotatable bonds is 5. The molecule has 5 rings (SSSR count). The van der Waals surface area contributed by atoms with Gasteiger partial charge in [-0.05, 0) is 53.1 Å². The molecule has 1 heterocycles. The lowest BCUT2D eigenvalue weighted by atomic mass is 9.93. The minimum Gasteiger partial charge on any atom is -0.478 e. The number of nitrogens with zero attached hydrogens (tertiary/aromatic N) is 2. The maximum atomic E-state index is 13.6. The van der Waals surface area contributed by atoms with Crippen molar-refractivity contribution < 1.29 is 14.7 Å². The smallest absolute Gasteiger partial charge is 0.336 e. The van der Waals surface area contributed by atoms with Gasteiger partial charge in [0, 0.05) is 5.56 Å². The molecule has 1 aromatic heterocycles. The van der Waals surface area contributed by atoms with Crippen LogP contribution in [0.2, 0.25) is 0 Å². The van der Waals surface area contributed by atoms with Crippen molar-refractivity contribution in [1.29, 1.82) is 0 Å². The molecule has 164 valence electrons. The van der Waals surface area contributed by atoms with E-state index in [1.54, 1.807) is 47.0 Å². The van der Waals surface area contributed by atoms with Crippen molar-refractivity contribution in [3.63, 3.8) is 0 Å². The molecule has 5 heteroatoms. The van der Waals surface area contributed by atoms with Gasteiger partial charge in [-0.1, -0.05) is 78.9 Å². The number of hydrogen-bond donors (Lipinski definition) is 1. The minimum absolute atomic E-state index is 0.176. The minimum atomic E-state index is -1.02. The largest absolute Gasteiger partial charge is 0.478 e. The number of benzene rings is 4. The number of imidazole rings is 1. The van der Waals surface area contributed by atoms with Gasteiger partial charge in [-0.2, -0.15) is 0 Å². The zero-order chi connectivity index (χ0) is 23.5. The molecule has 5 aromatic rings. The van der Waals surface area contributed by atoms with Gasteiger partial charge in [0.2, 0.25) is 0 Å². The van der Waals surface area contributed by atoms with Crippen LogP contribution in [0.3, 0.4) is 0 Å². The van der Waals surface area contributed by atoms with Crippen molar-refractivity contribution >= 4 is 34.6 Å². The van der Waals surface area contributed by atoms with Crippen LogP contribution in [0.4, 0.5) is 0 Å². The van der Waals surface area contributed by atoms with Crippen LogP contribution in [0.1, 0.15) is 37.7 Å². The van der Waals surface area contributed by atoms with Gasteiger partial charge in [-0.3, -0.25) is 9.36 Å². The summed E-state index contributed by atoms with van der Waals surface area (Å²) in [6, 6.07) is 32.8. The molecule has 0 saturated heterocycles. The quantitative estimate of drug-likeness (QED) is 0.360. The summed E-state index contributed by atoms with van der Waals surface area (Å²) in [5, 5.41) is 9.83. The Morgan fingerprint density at radius 1 is 0.676 bits per heavy atom. The predicted octanol–water partition coefficient (Wildman–Crippen LogP) is 6.01. The molecule has 0 saturated carbocycles. The van der Waals surface area contributed by atoms with Crippen LogP contribution < -0.4 is 0 Å². The van der Waals surface area contributed by atoms with Crippen LogP contribution in [-0.4, -0.2) is 26.5 Å². The second-order valence-corrected chi connectivity index (χ2v) is 7.74. The van der Waals surface area contributed by atoms with E-state index >= 15 is 0 Å². The van der Waals surface area contributed by atoms with Crippen LogP contribution >= 0.6 is 0 Å². The first-order valence-corrected chi connectivity index (χ1v) is 10.8. The highest BCUT2D eigenvalue weighted by molar-refractivity contribution is 6.05. The van der Waals surface area contributed by atoms with Crippen LogP contribution in [0.15, 0.2) is 109 Å². The highest BCUT2D eigenvalue weighted by Crippen LogP contribution is 2.30. The fourth-order valence-corrected chi connectivity index (χ4v) is 4.03. The van der Waals surface area contributed by atoms with E-state index in [4.69, 9.17) is 4.98 Å². The molecule has 0 radical (unpaired) electrons. The first-order chi connectivity index (χ1) is 16.6. The van der Waals surface area contributed by atoms with Crippen molar-refractivity contribution in [2.75, 3.05) is 0 Å². The number of aromatic nitrogens is 2. The Bertz CT molecular complexity index is 1530. The van der Waals surface area contributed by atoms with Crippen molar-refractivity contribution in [2.24, 2.45) is 0 Å². The number of carboxylic acids is 1. The maximum absolute atomic E-state index is 13.6. The molecule has 0 unspecified atom stereocenters. The van der Waals surface area contributed by atoms with E-state index < -0.39 is 5.97 Å². The van der Waals surface area contributed by atoms with E-state index in [1.165, 1.54) is 0 Å². The first-order valence-electron chi connectivity index (χ1n) is 10.8. The predicted molar refractivity (Wildman–Crippen MR) is 133 cm³/mol. The summed E-state index contributed by atoms with van der Waals surface area (Å²) in [4.78, 5) is 30.3. The average Bonchev–Trinajstić information content (AvgIpc) is 3.26. The van der Waals surface area contributed by atoms with Gasteiger partial charge in [0.05, 0.1) is 16.6 Å². The third kappa shape index (κ3) is 3.91. The second kappa shape index (κ2) is 9.00. The van der Waals surface area contributed by atoms with Crippen LogP contribution in [-0.2, 0) is 0 Å². The van der Waals surface area contributed by atoms with Gasteiger partial charge in [0.1, 0.15) is 5.82 Å².